The minimum absolute atomic E-state index is 0.0695. The quantitative estimate of drug-likeness (QED) is 0.159. The van der Waals surface area contributed by atoms with Gasteiger partial charge < -0.3 is 0 Å². The number of aromatic nitrogens is 4. The van der Waals surface area contributed by atoms with E-state index in [-0.39, 0.29) is 5.41 Å². The number of nitrogens with zero attached hydrogens (tertiary/aromatic N) is 4. The van der Waals surface area contributed by atoms with Crippen molar-refractivity contribution in [2.45, 2.75) is 19.3 Å². The summed E-state index contributed by atoms with van der Waals surface area (Å²) in [6.45, 7) is 4.68. The highest BCUT2D eigenvalue weighted by Crippen LogP contribution is 2.49. The van der Waals surface area contributed by atoms with E-state index in [0.29, 0.717) is 0 Å². The van der Waals surface area contributed by atoms with Gasteiger partial charge in [0.05, 0.1) is 10.2 Å². The molecule has 0 spiro atoms. The number of fused-ring (bicyclic) bond motifs is 6. The predicted octanol–water partition coefficient (Wildman–Crippen LogP) is 12.8. The zero-order valence-corrected chi connectivity index (χ0v) is 32.3. The van der Waals surface area contributed by atoms with Crippen molar-refractivity contribution in [2.24, 2.45) is 0 Å². The van der Waals surface area contributed by atoms with Crippen molar-refractivity contribution in [3.05, 3.63) is 211 Å². The maximum Gasteiger partial charge on any atom is 0.163 e. The van der Waals surface area contributed by atoms with E-state index in [9.17, 15) is 0 Å². The molecule has 2 heterocycles. The molecule has 0 unspecified atom stereocenters. The molecule has 0 saturated carbocycles. The minimum Gasteiger partial charge on any atom is -0.0640 e. The van der Waals surface area contributed by atoms with E-state index in [2.05, 4.69) is 219 Å². The third kappa shape index (κ3) is 5.56. The highest BCUT2D eigenvalue weighted by atomic mass is 15.7. The van der Waals surface area contributed by atoms with Gasteiger partial charge >= 0.3 is 0 Å². The average molecular weight is 744 g/mol. The molecule has 2 aromatic heterocycles. The van der Waals surface area contributed by atoms with Crippen LogP contribution in [0.5, 0.6) is 0 Å². The Kier molecular flexibility index (Phi) is 7.80. The lowest BCUT2D eigenvalue weighted by Gasteiger charge is -2.22. The second kappa shape index (κ2) is 13.4. The number of hydrogen-bond donors (Lipinski definition) is 0. The van der Waals surface area contributed by atoms with Crippen molar-refractivity contribution in [1.29, 1.82) is 0 Å². The molecule has 0 bridgehead atoms. The first kappa shape index (κ1) is 33.9. The van der Waals surface area contributed by atoms with Crippen LogP contribution in [0.2, 0.25) is 0 Å². The predicted molar refractivity (Wildman–Crippen MR) is 237 cm³/mol. The van der Waals surface area contributed by atoms with E-state index < -0.39 is 0 Å². The highest BCUT2D eigenvalue weighted by Gasteiger charge is 2.35. The first-order chi connectivity index (χ1) is 28.5. The Morgan fingerprint density at radius 1 is 0.362 bits per heavy atom. The molecule has 58 heavy (non-hydrogen) atoms. The number of benzene rings is 8. The fraction of sp³-hybridized carbons (Fsp3) is 0.0556. The Balaban J connectivity index is 1.09. The summed E-state index contributed by atoms with van der Waals surface area (Å²) < 4.78 is 2.16. The van der Waals surface area contributed by atoms with E-state index in [4.69, 9.17) is 10.2 Å². The smallest absolute Gasteiger partial charge is 0.0640 e. The third-order valence-electron chi connectivity index (χ3n) is 11.9. The standard InChI is InChI=1S/C54H39N4/c1-54(2)48-25-11-9-23-44(48)45-29-27-41(34-49(45)54)40-28-30-53-47(33-40)46-24-10-12-26-52(46)57(53)58-55-50(42-21-13-19-38(31-42)36-15-5-3-6-16-36)35-51(56-58)43-22-14-20-39(32-43)37-17-7-4-8-18-37/h3-35H,1-2H3/q+1. The molecule has 0 saturated heterocycles. The summed E-state index contributed by atoms with van der Waals surface area (Å²) in [5.74, 6) is 0. The van der Waals surface area contributed by atoms with Crippen molar-refractivity contribution in [3.8, 4) is 67.0 Å². The molecule has 0 aliphatic heterocycles. The van der Waals surface area contributed by atoms with Crippen molar-refractivity contribution in [3.63, 3.8) is 0 Å². The molecule has 274 valence electrons. The van der Waals surface area contributed by atoms with Crippen LogP contribution in [-0.4, -0.2) is 14.9 Å². The summed E-state index contributed by atoms with van der Waals surface area (Å²) in [6, 6.07) is 71.6. The molecule has 4 heteroatoms. The lowest BCUT2D eigenvalue weighted by Crippen LogP contribution is -2.49. The zero-order valence-electron chi connectivity index (χ0n) is 32.3. The van der Waals surface area contributed by atoms with Crippen molar-refractivity contribution in [1.82, 2.24) is 14.9 Å². The van der Waals surface area contributed by atoms with Crippen LogP contribution in [0, 0.1) is 0 Å². The van der Waals surface area contributed by atoms with Gasteiger partial charge in [0.1, 0.15) is 22.4 Å². The minimum atomic E-state index is -0.0695. The molecule has 1 aliphatic carbocycles. The maximum atomic E-state index is 5.31. The Morgan fingerprint density at radius 3 is 1.55 bits per heavy atom. The summed E-state index contributed by atoms with van der Waals surface area (Å²) in [6.07, 6.45) is 0. The number of hydrogen-bond acceptors (Lipinski definition) is 2. The summed E-state index contributed by atoms with van der Waals surface area (Å²) in [7, 11) is 0. The topological polar surface area (TPSA) is 34.6 Å². The van der Waals surface area contributed by atoms with Gasteiger partial charge in [0.2, 0.25) is 0 Å². The van der Waals surface area contributed by atoms with Gasteiger partial charge in [0.25, 0.3) is 0 Å². The van der Waals surface area contributed by atoms with E-state index in [1.54, 1.807) is 4.91 Å². The Labute approximate surface area is 337 Å². The first-order valence-electron chi connectivity index (χ1n) is 19.9. The van der Waals surface area contributed by atoms with Gasteiger partial charge in [-0.05, 0) is 92.0 Å². The SMILES string of the molecule is CC1(C)c2ccccc2-c2ccc(-c3ccc4c(c3)c3ccccc3n4-[n+]3nc(-c4cccc(-c5ccccc5)c4)cc(-c4cccc(-c5ccccc5)c4)n3)cc21. The van der Waals surface area contributed by atoms with E-state index in [1.165, 1.54) is 33.4 Å². The Hall–Kier alpha value is -7.43. The highest BCUT2D eigenvalue weighted by molar-refractivity contribution is 6.09. The van der Waals surface area contributed by atoms with Crippen LogP contribution in [-0.2, 0) is 5.41 Å². The number of rotatable bonds is 6. The molecular weight excluding hydrogens is 705 g/mol. The lowest BCUT2D eigenvalue weighted by atomic mass is 9.81. The lowest BCUT2D eigenvalue weighted by molar-refractivity contribution is -0.827. The van der Waals surface area contributed by atoms with Gasteiger partial charge in [0.15, 0.2) is 4.91 Å². The monoisotopic (exact) mass is 743 g/mol. The van der Waals surface area contributed by atoms with Crippen LogP contribution in [0.3, 0.4) is 0 Å². The van der Waals surface area contributed by atoms with Crippen LogP contribution in [0.1, 0.15) is 25.0 Å². The fourth-order valence-corrected chi connectivity index (χ4v) is 8.96. The Bertz CT molecular complexity index is 3090. The van der Waals surface area contributed by atoms with Crippen LogP contribution in [0.25, 0.3) is 88.8 Å². The molecule has 8 aromatic carbocycles. The molecule has 0 amide bonds. The molecule has 0 fully saturated rings. The normalized spacial score (nSPS) is 12.8. The van der Waals surface area contributed by atoms with Crippen molar-refractivity contribution < 1.29 is 4.91 Å². The van der Waals surface area contributed by atoms with Gasteiger partial charge in [0, 0.05) is 33.4 Å². The second-order valence-corrected chi connectivity index (χ2v) is 15.8. The van der Waals surface area contributed by atoms with Gasteiger partial charge in [-0.2, -0.15) is 0 Å². The summed E-state index contributed by atoms with van der Waals surface area (Å²) in [5, 5.41) is 12.9. The molecule has 1 aliphatic rings. The molecule has 0 N–H and O–H groups in total. The van der Waals surface area contributed by atoms with Crippen LogP contribution in [0.4, 0.5) is 0 Å². The van der Waals surface area contributed by atoms with E-state index in [0.717, 1.165) is 66.6 Å². The second-order valence-electron chi connectivity index (χ2n) is 15.8. The first-order valence-corrected chi connectivity index (χ1v) is 19.9. The van der Waals surface area contributed by atoms with Gasteiger partial charge in [-0.15, -0.1) is 0 Å². The van der Waals surface area contributed by atoms with Gasteiger partial charge in [-0.25, -0.2) is 0 Å². The van der Waals surface area contributed by atoms with Crippen LogP contribution in [0.15, 0.2) is 200 Å². The zero-order chi connectivity index (χ0) is 38.8. The van der Waals surface area contributed by atoms with E-state index in [1.807, 2.05) is 0 Å². The maximum absolute atomic E-state index is 5.31. The molecule has 0 atom stereocenters. The molecular formula is C54H39N4+. The van der Waals surface area contributed by atoms with Gasteiger partial charge in [-0.3, -0.25) is 0 Å². The third-order valence-corrected chi connectivity index (χ3v) is 11.9. The Morgan fingerprint density at radius 2 is 0.862 bits per heavy atom. The summed E-state index contributed by atoms with van der Waals surface area (Å²) in [4.78, 5) is 1.80. The van der Waals surface area contributed by atoms with E-state index >= 15 is 0 Å². The average Bonchev–Trinajstić information content (AvgIpc) is 3.74. The molecule has 0 radical (unpaired) electrons. The summed E-state index contributed by atoms with van der Waals surface area (Å²) >= 11 is 0. The van der Waals surface area contributed by atoms with Crippen molar-refractivity contribution >= 4 is 21.8 Å². The van der Waals surface area contributed by atoms with Crippen molar-refractivity contribution in [2.75, 3.05) is 0 Å². The molecule has 10 aromatic rings. The number of para-hydroxylation sites is 1. The van der Waals surface area contributed by atoms with Crippen LogP contribution < -0.4 is 4.91 Å². The fourth-order valence-electron chi connectivity index (χ4n) is 8.96. The molecule has 11 rings (SSSR count). The largest absolute Gasteiger partial charge is 0.163 e. The van der Waals surface area contributed by atoms with Gasteiger partial charge in [-0.1, -0.05) is 176 Å². The summed E-state index contributed by atoms with van der Waals surface area (Å²) in [5.41, 5.74) is 18.1. The molecule has 4 nitrogen and oxygen atoms in total. The van der Waals surface area contributed by atoms with Crippen LogP contribution >= 0.6 is 0 Å².